The fourth-order valence-corrected chi connectivity index (χ4v) is 4.49. The summed E-state index contributed by atoms with van der Waals surface area (Å²) in [7, 11) is 0. The van der Waals surface area contributed by atoms with Crippen LogP contribution in [0, 0.1) is 0 Å². The van der Waals surface area contributed by atoms with Gasteiger partial charge in [-0.2, -0.15) is 5.10 Å². The van der Waals surface area contributed by atoms with E-state index in [-0.39, 0.29) is 6.04 Å². The van der Waals surface area contributed by atoms with E-state index in [4.69, 9.17) is 30.6 Å². The van der Waals surface area contributed by atoms with Crippen LogP contribution in [0.4, 0.5) is 0 Å². The number of ether oxygens (including phenoxy) is 2. The summed E-state index contributed by atoms with van der Waals surface area (Å²) >= 11 is 6.29. The van der Waals surface area contributed by atoms with Gasteiger partial charge in [0.2, 0.25) is 6.23 Å². The molecule has 0 spiro atoms. The number of carbonyl (C=O) groups is 1. The number of carbonyl (C=O) groups excluding carboxylic acids is 1. The Morgan fingerprint density at radius 2 is 1.82 bits per heavy atom. The van der Waals surface area contributed by atoms with Gasteiger partial charge in [-0.3, -0.25) is 0 Å². The molecule has 0 bridgehead atoms. The predicted octanol–water partition coefficient (Wildman–Crippen LogP) is 6.39. The van der Waals surface area contributed by atoms with Gasteiger partial charge >= 0.3 is 5.97 Å². The Hall–Kier alpha value is -4.03. The third-order valence-electron chi connectivity index (χ3n) is 5.94. The maximum atomic E-state index is 12.4. The lowest BCUT2D eigenvalue weighted by Gasteiger charge is -2.38. The minimum absolute atomic E-state index is 0.0388. The van der Waals surface area contributed by atoms with Crippen LogP contribution >= 0.6 is 11.6 Å². The summed E-state index contributed by atoms with van der Waals surface area (Å²) in [6.45, 7) is 0. The average molecular weight is 471 g/mol. The summed E-state index contributed by atoms with van der Waals surface area (Å²) in [4.78, 5) is 12.4. The molecule has 168 valence electrons. The van der Waals surface area contributed by atoms with E-state index in [1.165, 1.54) is 0 Å². The number of rotatable bonds is 4. The molecule has 34 heavy (non-hydrogen) atoms. The van der Waals surface area contributed by atoms with Gasteiger partial charge in [-0.05, 0) is 66.7 Å². The highest BCUT2D eigenvalue weighted by molar-refractivity contribution is 6.30. The van der Waals surface area contributed by atoms with Crippen LogP contribution in [-0.4, -0.2) is 16.7 Å². The van der Waals surface area contributed by atoms with E-state index >= 15 is 0 Å². The van der Waals surface area contributed by atoms with Gasteiger partial charge in [0, 0.05) is 22.6 Å². The number of hydrazone groups is 1. The topological polar surface area (TPSA) is 64.3 Å². The first-order chi connectivity index (χ1) is 16.7. The monoisotopic (exact) mass is 470 g/mol. The number of furan rings is 1. The zero-order valence-corrected chi connectivity index (χ0v) is 18.7. The summed E-state index contributed by atoms with van der Waals surface area (Å²) in [5.41, 5.74) is 3.22. The van der Waals surface area contributed by atoms with Gasteiger partial charge in [0.25, 0.3) is 0 Å². The molecule has 2 aliphatic rings. The van der Waals surface area contributed by atoms with Crippen LogP contribution in [-0.2, 0) is 0 Å². The van der Waals surface area contributed by atoms with Crippen LogP contribution < -0.4 is 9.47 Å². The maximum Gasteiger partial charge on any atom is 0.343 e. The van der Waals surface area contributed by atoms with Gasteiger partial charge in [0.15, 0.2) is 0 Å². The first-order valence-corrected chi connectivity index (χ1v) is 11.3. The van der Waals surface area contributed by atoms with Crippen LogP contribution in [0.15, 0.2) is 101 Å². The van der Waals surface area contributed by atoms with E-state index in [0.717, 1.165) is 28.3 Å². The molecule has 0 amide bonds. The normalized spacial score (nSPS) is 18.5. The van der Waals surface area contributed by atoms with E-state index in [1.54, 1.807) is 42.7 Å². The zero-order valence-electron chi connectivity index (χ0n) is 17.9. The third kappa shape index (κ3) is 3.72. The molecule has 3 heterocycles. The van der Waals surface area contributed by atoms with Crippen molar-refractivity contribution < 1.29 is 18.7 Å². The minimum atomic E-state index is -0.454. The van der Waals surface area contributed by atoms with Gasteiger partial charge < -0.3 is 13.9 Å². The zero-order chi connectivity index (χ0) is 23.1. The second-order valence-electron chi connectivity index (χ2n) is 8.10. The van der Waals surface area contributed by atoms with E-state index in [2.05, 4.69) is 0 Å². The number of fused-ring (bicyclic) bond motifs is 3. The summed E-state index contributed by atoms with van der Waals surface area (Å²) in [6.07, 6.45) is 1.86. The SMILES string of the molecule is O=C(Oc1ccc([C@H]2Oc3ccc(Cl)cc3[C@H]3CC(c4ccco4)=NN32)cc1)c1ccccc1. The molecule has 0 aliphatic carbocycles. The first-order valence-electron chi connectivity index (χ1n) is 10.9. The van der Waals surface area contributed by atoms with E-state index in [1.807, 2.05) is 53.5 Å². The number of esters is 1. The highest BCUT2D eigenvalue weighted by Gasteiger charge is 2.41. The largest absolute Gasteiger partial charge is 0.464 e. The molecular weight excluding hydrogens is 452 g/mol. The molecule has 6 nitrogen and oxygen atoms in total. The van der Waals surface area contributed by atoms with Crippen molar-refractivity contribution >= 4 is 23.3 Å². The van der Waals surface area contributed by atoms with Crippen molar-refractivity contribution in [3.8, 4) is 11.5 Å². The van der Waals surface area contributed by atoms with Crippen LogP contribution in [0.5, 0.6) is 11.5 Å². The van der Waals surface area contributed by atoms with E-state index in [9.17, 15) is 4.79 Å². The number of halogens is 1. The summed E-state index contributed by atoms with van der Waals surface area (Å²) in [5.74, 6) is 1.56. The lowest BCUT2D eigenvalue weighted by molar-refractivity contribution is -0.0190. The highest BCUT2D eigenvalue weighted by atomic mass is 35.5. The maximum absolute atomic E-state index is 12.4. The lowest BCUT2D eigenvalue weighted by atomic mass is 9.97. The van der Waals surface area contributed by atoms with Gasteiger partial charge in [0.05, 0.1) is 17.9 Å². The number of hydrogen-bond donors (Lipinski definition) is 0. The van der Waals surface area contributed by atoms with Gasteiger partial charge in [-0.15, -0.1) is 0 Å². The Bertz CT molecular complexity index is 1370. The summed E-state index contributed by atoms with van der Waals surface area (Å²) in [5, 5.41) is 7.45. The standard InChI is InChI=1S/C27H19ClN2O4/c28-19-10-13-24-21(15-19)23-16-22(25-7-4-14-32-25)29-30(23)26(34-24)17-8-11-20(12-9-17)33-27(31)18-5-2-1-3-6-18/h1-15,23,26H,16H2/t23-,26-/m1/s1. The Morgan fingerprint density at radius 1 is 1.00 bits per heavy atom. The highest BCUT2D eigenvalue weighted by Crippen LogP contribution is 2.48. The van der Waals surface area contributed by atoms with Gasteiger partial charge in [-0.1, -0.05) is 29.8 Å². The van der Waals surface area contributed by atoms with E-state index in [0.29, 0.717) is 22.8 Å². The molecule has 0 saturated carbocycles. The Morgan fingerprint density at radius 3 is 2.59 bits per heavy atom. The Labute approximate surface area is 201 Å². The van der Waals surface area contributed by atoms with Gasteiger partial charge in [0.1, 0.15) is 23.0 Å². The number of nitrogens with zero attached hydrogens (tertiary/aromatic N) is 2. The first kappa shape index (κ1) is 20.6. The van der Waals surface area contributed by atoms with Crippen molar-refractivity contribution in [2.24, 2.45) is 5.10 Å². The second-order valence-corrected chi connectivity index (χ2v) is 8.54. The fraction of sp³-hybridized carbons (Fsp3) is 0.111. The van der Waals surface area contributed by atoms with Crippen molar-refractivity contribution in [2.45, 2.75) is 18.7 Å². The molecule has 0 radical (unpaired) electrons. The molecule has 3 aromatic carbocycles. The summed E-state index contributed by atoms with van der Waals surface area (Å²) < 4.78 is 17.5. The molecule has 0 saturated heterocycles. The third-order valence-corrected chi connectivity index (χ3v) is 6.18. The fourth-order valence-electron chi connectivity index (χ4n) is 4.31. The molecule has 1 aromatic heterocycles. The Balaban J connectivity index is 1.30. The molecule has 7 heteroatoms. The average Bonchev–Trinajstić information content (AvgIpc) is 3.55. The second kappa shape index (κ2) is 8.39. The molecule has 0 unspecified atom stereocenters. The number of hydrogen-bond acceptors (Lipinski definition) is 6. The van der Waals surface area contributed by atoms with E-state index < -0.39 is 12.2 Å². The van der Waals surface area contributed by atoms with Crippen molar-refractivity contribution in [3.05, 3.63) is 119 Å². The lowest BCUT2D eigenvalue weighted by Crippen LogP contribution is -2.33. The quantitative estimate of drug-likeness (QED) is 0.255. The van der Waals surface area contributed by atoms with Crippen LogP contribution in [0.25, 0.3) is 0 Å². The smallest absolute Gasteiger partial charge is 0.343 e. The molecule has 2 aliphatic heterocycles. The van der Waals surface area contributed by atoms with Crippen molar-refractivity contribution in [1.29, 1.82) is 0 Å². The van der Waals surface area contributed by atoms with Crippen molar-refractivity contribution in [1.82, 2.24) is 5.01 Å². The van der Waals surface area contributed by atoms with Crippen LogP contribution in [0.3, 0.4) is 0 Å². The minimum Gasteiger partial charge on any atom is -0.464 e. The number of benzene rings is 3. The van der Waals surface area contributed by atoms with Crippen molar-refractivity contribution in [3.63, 3.8) is 0 Å². The Kier molecular flexibility index (Phi) is 5.08. The summed E-state index contributed by atoms with van der Waals surface area (Å²) in [6, 6.07) is 25.6. The predicted molar refractivity (Wildman–Crippen MR) is 127 cm³/mol. The van der Waals surface area contributed by atoms with Crippen LogP contribution in [0.2, 0.25) is 5.02 Å². The molecule has 2 atom stereocenters. The molecule has 4 aromatic rings. The van der Waals surface area contributed by atoms with Crippen LogP contribution in [0.1, 0.15) is 45.9 Å². The molecule has 0 N–H and O–H groups in total. The van der Waals surface area contributed by atoms with Crippen molar-refractivity contribution in [2.75, 3.05) is 0 Å². The van der Waals surface area contributed by atoms with Gasteiger partial charge in [-0.25, -0.2) is 9.80 Å². The molecule has 0 fully saturated rings. The molecular formula is C27H19ClN2O4. The molecule has 6 rings (SSSR count).